The Bertz CT molecular complexity index is 848. The number of benzene rings is 1. The van der Waals surface area contributed by atoms with Crippen molar-refractivity contribution in [1.29, 1.82) is 0 Å². The minimum Gasteiger partial charge on any atom is -0.459 e. The van der Waals surface area contributed by atoms with E-state index < -0.39 is 17.2 Å². The van der Waals surface area contributed by atoms with Crippen molar-refractivity contribution in [3.63, 3.8) is 0 Å². The van der Waals surface area contributed by atoms with E-state index in [9.17, 15) is 9.59 Å². The maximum absolute atomic E-state index is 12.1. The van der Waals surface area contributed by atoms with E-state index in [2.05, 4.69) is 20.8 Å². The van der Waals surface area contributed by atoms with Crippen molar-refractivity contribution in [1.82, 2.24) is 15.5 Å². The van der Waals surface area contributed by atoms with Gasteiger partial charge in [-0.25, -0.2) is 4.79 Å². The summed E-state index contributed by atoms with van der Waals surface area (Å²) in [4.78, 5) is 23.9. The first-order valence-corrected chi connectivity index (χ1v) is 8.21. The number of rotatable bonds is 5. The van der Waals surface area contributed by atoms with Crippen LogP contribution < -0.4 is 10.6 Å². The van der Waals surface area contributed by atoms with Gasteiger partial charge in [0.05, 0.1) is 11.5 Å². The van der Waals surface area contributed by atoms with Gasteiger partial charge in [0.1, 0.15) is 0 Å². The summed E-state index contributed by atoms with van der Waals surface area (Å²) in [5, 5.41) is 12.1. The third-order valence-corrected chi connectivity index (χ3v) is 3.99. The molecule has 0 radical (unpaired) electrons. The molecule has 0 aliphatic carbocycles. The number of nitrogens with one attached hydrogen (secondary N) is 2. The van der Waals surface area contributed by atoms with E-state index in [1.165, 1.54) is 6.26 Å². The van der Waals surface area contributed by atoms with E-state index in [0.29, 0.717) is 11.4 Å². The van der Waals surface area contributed by atoms with Gasteiger partial charge in [0.2, 0.25) is 5.91 Å². The van der Waals surface area contributed by atoms with Crippen LogP contribution in [-0.4, -0.2) is 27.4 Å². The van der Waals surface area contributed by atoms with Crippen molar-refractivity contribution in [3.05, 3.63) is 48.7 Å². The molecule has 2 N–H and O–H groups in total. The molecule has 25 heavy (non-hydrogen) atoms. The molecule has 1 atom stereocenters. The fourth-order valence-corrected chi connectivity index (χ4v) is 2.54. The fraction of sp³-hybridized carbons (Fsp3) is 0.125. The number of urea groups is 1. The number of amides is 3. The topological polar surface area (TPSA) is 110 Å². The highest BCUT2D eigenvalue weighted by Gasteiger charge is 2.21. The number of carbonyl (C=O) groups is 2. The Balaban J connectivity index is 1.53. The number of hydrogen-bond donors (Lipinski definition) is 2. The van der Waals surface area contributed by atoms with Crippen LogP contribution in [0.15, 0.2) is 62.8 Å². The molecule has 128 valence electrons. The summed E-state index contributed by atoms with van der Waals surface area (Å²) in [5.41, 5.74) is 0.591. The molecule has 9 heteroatoms. The number of thioether (sulfide) groups is 1. The molecule has 0 spiro atoms. The zero-order chi connectivity index (χ0) is 17.6. The first-order chi connectivity index (χ1) is 12.1. The van der Waals surface area contributed by atoms with Gasteiger partial charge < -0.3 is 14.2 Å². The minimum atomic E-state index is -0.606. The Hall–Kier alpha value is -3.07. The third kappa shape index (κ3) is 4.48. The molecule has 1 unspecified atom stereocenters. The van der Waals surface area contributed by atoms with Crippen LogP contribution in [0, 0.1) is 0 Å². The van der Waals surface area contributed by atoms with Crippen LogP contribution in [0.2, 0.25) is 0 Å². The Labute approximate surface area is 147 Å². The summed E-state index contributed by atoms with van der Waals surface area (Å²) in [6.45, 7) is 1.63. The zero-order valence-electron chi connectivity index (χ0n) is 13.1. The van der Waals surface area contributed by atoms with Crippen molar-refractivity contribution in [2.75, 3.05) is 5.32 Å². The monoisotopic (exact) mass is 358 g/mol. The van der Waals surface area contributed by atoms with Crippen molar-refractivity contribution >= 4 is 29.4 Å². The fourth-order valence-electron chi connectivity index (χ4n) is 1.86. The third-order valence-electron chi connectivity index (χ3n) is 3.05. The second-order valence-corrected chi connectivity index (χ2v) is 6.21. The van der Waals surface area contributed by atoms with Crippen molar-refractivity contribution < 1.29 is 18.4 Å². The highest BCUT2D eigenvalue weighted by molar-refractivity contribution is 8.00. The van der Waals surface area contributed by atoms with Crippen LogP contribution in [0.1, 0.15) is 6.92 Å². The molecule has 2 aromatic heterocycles. The summed E-state index contributed by atoms with van der Waals surface area (Å²) in [6, 6.07) is 11.6. The standard InChI is InChI=1S/C16H14N4O4S/c1-10(13(21)18-15(22)17-11-6-3-2-4-7-11)25-16-20-19-14(24-16)12-8-5-9-23-12/h2-10H,1H3,(H2,17,18,21,22). The quantitative estimate of drug-likeness (QED) is 0.674. The van der Waals surface area contributed by atoms with E-state index in [-0.39, 0.29) is 11.1 Å². The molecule has 0 saturated carbocycles. The molecule has 8 nitrogen and oxygen atoms in total. The molecular weight excluding hydrogens is 344 g/mol. The van der Waals surface area contributed by atoms with Gasteiger partial charge in [-0.15, -0.1) is 10.2 Å². The highest BCUT2D eigenvalue weighted by atomic mass is 32.2. The van der Waals surface area contributed by atoms with Gasteiger partial charge in [-0.1, -0.05) is 30.0 Å². The molecule has 2 heterocycles. The second-order valence-electron chi connectivity index (χ2n) is 4.92. The van der Waals surface area contributed by atoms with Crippen LogP contribution in [0.3, 0.4) is 0 Å². The van der Waals surface area contributed by atoms with E-state index in [1.54, 1.807) is 43.3 Å². The number of aromatic nitrogens is 2. The van der Waals surface area contributed by atoms with Gasteiger partial charge >= 0.3 is 6.03 Å². The van der Waals surface area contributed by atoms with Crippen LogP contribution in [-0.2, 0) is 4.79 Å². The zero-order valence-corrected chi connectivity index (χ0v) is 13.9. The molecule has 3 rings (SSSR count). The molecule has 0 aliphatic heterocycles. The molecule has 3 aromatic rings. The summed E-state index contributed by atoms with van der Waals surface area (Å²) in [5.74, 6) is 0.191. The van der Waals surface area contributed by atoms with E-state index in [1.807, 2.05) is 6.07 Å². The summed E-state index contributed by atoms with van der Waals surface area (Å²) in [7, 11) is 0. The predicted octanol–water partition coefficient (Wildman–Crippen LogP) is 3.16. The van der Waals surface area contributed by atoms with Crippen LogP contribution in [0.5, 0.6) is 0 Å². The van der Waals surface area contributed by atoms with E-state index in [0.717, 1.165) is 11.8 Å². The van der Waals surface area contributed by atoms with Crippen molar-refractivity contribution in [2.45, 2.75) is 17.4 Å². The van der Waals surface area contributed by atoms with Gasteiger partial charge in [0.25, 0.3) is 11.1 Å². The van der Waals surface area contributed by atoms with Gasteiger partial charge in [-0.2, -0.15) is 0 Å². The largest absolute Gasteiger partial charge is 0.459 e. The Morgan fingerprint density at radius 3 is 2.64 bits per heavy atom. The Morgan fingerprint density at radius 2 is 1.92 bits per heavy atom. The van der Waals surface area contributed by atoms with Crippen LogP contribution >= 0.6 is 11.8 Å². The highest BCUT2D eigenvalue weighted by Crippen LogP contribution is 2.26. The SMILES string of the molecule is CC(Sc1nnc(-c2ccco2)o1)C(=O)NC(=O)Nc1ccccc1. The summed E-state index contributed by atoms with van der Waals surface area (Å²) < 4.78 is 10.6. The lowest BCUT2D eigenvalue weighted by molar-refractivity contribution is -0.119. The number of hydrogen-bond acceptors (Lipinski definition) is 7. The van der Waals surface area contributed by atoms with Crippen LogP contribution in [0.25, 0.3) is 11.7 Å². The molecule has 0 fully saturated rings. The summed E-state index contributed by atoms with van der Waals surface area (Å²) >= 11 is 1.04. The average molecular weight is 358 g/mol. The van der Waals surface area contributed by atoms with Crippen molar-refractivity contribution in [3.8, 4) is 11.7 Å². The number of furan rings is 1. The van der Waals surface area contributed by atoms with Gasteiger partial charge in [-0.05, 0) is 31.2 Å². The normalized spacial score (nSPS) is 11.7. The second kappa shape index (κ2) is 7.67. The Morgan fingerprint density at radius 1 is 1.12 bits per heavy atom. The van der Waals surface area contributed by atoms with E-state index >= 15 is 0 Å². The van der Waals surface area contributed by atoms with Crippen molar-refractivity contribution in [2.24, 2.45) is 0 Å². The number of carbonyl (C=O) groups excluding carboxylic acids is 2. The van der Waals surface area contributed by atoms with Gasteiger partial charge in [-0.3, -0.25) is 10.1 Å². The molecule has 1 aromatic carbocycles. The van der Waals surface area contributed by atoms with Gasteiger partial charge in [0.15, 0.2) is 5.76 Å². The minimum absolute atomic E-state index is 0.206. The predicted molar refractivity (Wildman–Crippen MR) is 90.9 cm³/mol. The number of anilines is 1. The Kier molecular flexibility index (Phi) is 5.14. The maximum atomic E-state index is 12.1. The summed E-state index contributed by atoms with van der Waals surface area (Å²) in [6.07, 6.45) is 1.49. The number of para-hydroxylation sites is 1. The van der Waals surface area contributed by atoms with Crippen LogP contribution in [0.4, 0.5) is 10.5 Å². The van der Waals surface area contributed by atoms with E-state index in [4.69, 9.17) is 8.83 Å². The molecule has 3 amide bonds. The molecule has 0 saturated heterocycles. The average Bonchev–Trinajstić information content (AvgIpc) is 3.26. The lowest BCUT2D eigenvalue weighted by Gasteiger charge is -2.10. The number of imide groups is 1. The molecule has 0 bridgehead atoms. The van der Waals surface area contributed by atoms with Gasteiger partial charge in [0, 0.05) is 5.69 Å². The first-order valence-electron chi connectivity index (χ1n) is 7.33. The maximum Gasteiger partial charge on any atom is 0.325 e. The molecular formula is C16H14N4O4S. The lowest BCUT2D eigenvalue weighted by Crippen LogP contribution is -2.38. The first kappa shape index (κ1) is 16.8. The molecule has 0 aliphatic rings. The smallest absolute Gasteiger partial charge is 0.325 e. The lowest BCUT2D eigenvalue weighted by atomic mass is 10.3. The number of nitrogens with zero attached hydrogens (tertiary/aromatic N) is 2.